The molecule has 0 atom stereocenters. The lowest BCUT2D eigenvalue weighted by Gasteiger charge is -2.30. The third-order valence-electron chi connectivity index (χ3n) is 4.97. The van der Waals surface area contributed by atoms with Gasteiger partial charge in [0.25, 0.3) is 0 Å². The van der Waals surface area contributed by atoms with Crippen molar-refractivity contribution in [1.82, 2.24) is 4.98 Å². The lowest BCUT2D eigenvalue weighted by atomic mass is 10.0. The zero-order valence-corrected chi connectivity index (χ0v) is 15.8. The molecule has 2 N–H and O–H groups in total. The molecule has 9 heteroatoms. The largest absolute Gasteiger partial charge is 0.417 e. The summed E-state index contributed by atoms with van der Waals surface area (Å²) in [5.74, 6) is -0.877. The summed E-state index contributed by atoms with van der Waals surface area (Å²) in [6.07, 6.45) is -1.70. The van der Waals surface area contributed by atoms with Gasteiger partial charge in [0.05, 0.1) is 11.1 Å². The number of alkyl halides is 3. The van der Waals surface area contributed by atoms with Gasteiger partial charge in [0.1, 0.15) is 0 Å². The molecule has 30 heavy (non-hydrogen) atoms. The second-order valence-corrected chi connectivity index (χ2v) is 7.05. The number of hydrogen-bond acceptors (Lipinski definition) is 4. The van der Waals surface area contributed by atoms with Gasteiger partial charge < -0.3 is 14.6 Å². The number of benzene rings is 2. The number of piperidine rings is 1. The van der Waals surface area contributed by atoms with Gasteiger partial charge >= 0.3 is 11.9 Å². The first kappa shape index (κ1) is 19.8. The molecule has 1 aliphatic heterocycles. The molecule has 6 nitrogen and oxygen atoms in total. The first-order valence-corrected chi connectivity index (χ1v) is 9.33. The third-order valence-corrected chi connectivity index (χ3v) is 4.97. The minimum Gasteiger partial charge on any atom is -0.408 e. The number of nitrogens with zero attached hydrogens (tertiary/aromatic N) is 1. The van der Waals surface area contributed by atoms with E-state index in [9.17, 15) is 22.8 Å². The summed E-state index contributed by atoms with van der Waals surface area (Å²) in [5, 5.41) is 2.73. The van der Waals surface area contributed by atoms with E-state index in [4.69, 9.17) is 4.42 Å². The molecule has 0 radical (unpaired) electrons. The molecule has 2 aromatic carbocycles. The number of aromatic nitrogens is 1. The highest BCUT2D eigenvalue weighted by Crippen LogP contribution is 2.32. The number of amides is 1. The first-order valence-electron chi connectivity index (χ1n) is 9.33. The maximum atomic E-state index is 12.9. The van der Waals surface area contributed by atoms with Crippen LogP contribution >= 0.6 is 0 Å². The summed E-state index contributed by atoms with van der Waals surface area (Å²) in [4.78, 5) is 27.9. The van der Waals surface area contributed by atoms with Crippen LogP contribution in [-0.4, -0.2) is 24.0 Å². The van der Waals surface area contributed by atoms with Crippen molar-refractivity contribution < 1.29 is 22.4 Å². The van der Waals surface area contributed by atoms with Crippen LogP contribution in [0.5, 0.6) is 0 Å². The van der Waals surface area contributed by atoms with Crippen LogP contribution in [-0.2, 0) is 11.0 Å². The molecule has 0 unspecified atom stereocenters. The molecule has 1 amide bonds. The second-order valence-electron chi connectivity index (χ2n) is 7.05. The Bertz CT molecular complexity index is 1170. The second kappa shape index (κ2) is 7.74. The molecular weight excluding hydrogens is 399 g/mol. The van der Waals surface area contributed by atoms with Gasteiger partial charge in [-0.3, -0.25) is 9.78 Å². The number of H-pyrrole nitrogens is 1. The Morgan fingerprint density at radius 2 is 1.90 bits per heavy atom. The highest BCUT2D eigenvalue weighted by atomic mass is 19.4. The fourth-order valence-electron chi connectivity index (χ4n) is 3.46. The molecule has 1 fully saturated rings. The van der Waals surface area contributed by atoms with Crippen LogP contribution in [0, 0.1) is 0 Å². The molecular formula is C21H18F3N3O3. The molecule has 3 aromatic rings. The molecule has 0 bridgehead atoms. The van der Waals surface area contributed by atoms with Gasteiger partial charge in [-0.15, -0.1) is 0 Å². The Kier molecular flexibility index (Phi) is 5.11. The lowest BCUT2D eigenvalue weighted by Crippen LogP contribution is -2.31. The molecule has 2 heterocycles. The van der Waals surface area contributed by atoms with Crippen LogP contribution in [0.4, 0.5) is 24.5 Å². The van der Waals surface area contributed by atoms with Crippen molar-refractivity contribution in [1.29, 1.82) is 0 Å². The molecule has 1 aliphatic rings. The number of aromatic amines is 1. The summed E-state index contributed by atoms with van der Waals surface area (Å²) >= 11 is 0. The van der Waals surface area contributed by atoms with Crippen molar-refractivity contribution in [3.63, 3.8) is 0 Å². The molecule has 0 saturated carbocycles. The van der Waals surface area contributed by atoms with Gasteiger partial charge in [0, 0.05) is 36.6 Å². The average Bonchev–Trinajstić information content (AvgIpc) is 3.07. The van der Waals surface area contributed by atoms with Gasteiger partial charge in [-0.25, -0.2) is 4.79 Å². The fourth-order valence-corrected chi connectivity index (χ4v) is 3.46. The number of carbonyl (C=O) groups excluding carboxylic acids is 1. The smallest absolute Gasteiger partial charge is 0.408 e. The monoisotopic (exact) mass is 417 g/mol. The Balaban J connectivity index is 1.38. The zero-order chi connectivity index (χ0) is 21.3. The van der Waals surface area contributed by atoms with Crippen molar-refractivity contribution >= 4 is 28.4 Å². The van der Waals surface area contributed by atoms with Crippen molar-refractivity contribution in [3.8, 4) is 0 Å². The maximum absolute atomic E-state index is 12.9. The van der Waals surface area contributed by atoms with Gasteiger partial charge in [-0.2, -0.15) is 13.2 Å². The Labute approximate surface area is 169 Å². The van der Waals surface area contributed by atoms with Gasteiger partial charge in [0.2, 0.25) is 5.91 Å². The van der Waals surface area contributed by atoms with E-state index in [0.717, 1.165) is 17.7 Å². The van der Waals surface area contributed by atoms with Crippen LogP contribution < -0.4 is 16.0 Å². The molecule has 156 valence electrons. The highest BCUT2D eigenvalue weighted by Gasteiger charge is 2.31. The zero-order valence-electron chi connectivity index (χ0n) is 15.8. The number of nitrogens with one attached hydrogen (secondary N) is 2. The molecule has 4 rings (SSSR count). The summed E-state index contributed by atoms with van der Waals surface area (Å²) in [6, 6.07) is 10.1. The minimum atomic E-state index is -4.37. The Morgan fingerprint density at radius 1 is 1.13 bits per heavy atom. The number of rotatable bonds is 3. The van der Waals surface area contributed by atoms with Crippen LogP contribution in [0.2, 0.25) is 0 Å². The molecule has 0 aliphatic carbocycles. The lowest BCUT2D eigenvalue weighted by molar-refractivity contribution is -0.137. The average molecular weight is 417 g/mol. The number of hydrogen-bond donors (Lipinski definition) is 2. The third kappa shape index (κ3) is 4.40. The number of halogens is 3. The highest BCUT2D eigenvalue weighted by molar-refractivity contribution is 6.00. The van der Waals surface area contributed by atoms with Crippen LogP contribution in [0.3, 0.4) is 0 Å². The predicted octanol–water partition coefficient (Wildman–Crippen LogP) is 4.31. The van der Waals surface area contributed by atoms with E-state index < -0.39 is 17.5 Å². The topological polar surface area (TPSA) is 78.3 Å². The van der Waals surface area contributed by atoms with Crippen molar-refractivity contribution in [2.75, 3.05) is 23.3 Å². The van der Waals surface area contributed by atoms with E-state index in [1.165, 1.54) is 12.1 Å². The fraction of sp³-hybridized carbons (Fsp3) is 0.238. The number of anilines is 2. The number of fused-ring (bicyclic) bond motifs is 1. The van der Waals surface area contributed by atoms with Crippen molar-refractivity contribution in [3.05, 3.63) is 70.2 Å². The quantitative estimate of drug-likeness (QED) is 0.623. The molecule has 1 saturated heterocycles. The molecule has 1 aromatic heterocycles. The summed E-state index contributed by atoms with van der Waals surface area (Å²) in [6.45, 7) is 1.06. The van der Waals surface area contributed by atoms with E-state index in [1.807, 2.05) is 4.90 Å². The maximum Gasteiger partial charge on any atom is 0.417 e. The van der Waals surface area contributed by atoms with Crippen LogP contribution in [0.25, 0.3) is 11.1 Å². The van der Waals surface area contributed by atoms with Gasteiger partial charge in [0.15, 0.2) is 5.58 Å². The number of carbonyl (C=O) groups is 1. The number of oxazole rings is 1. The standard InChI is InChI=1S/C21H18F3N3O3/c22-21(23,24)14-2-1-3-16(11-14)27-8-6-13(7-9-27)10-19(28)25-15-4-5-17-18(12-15)30-20(29)26-17/h1-5,10-12H,6-9H2,(H,25,28)(H,26,29). The van der Waals surface area contributed by atoms with Crippen molar-refractivity contribution in [2.45, 2.75) is 19.0 Å². The Morgan fingerprint density at radius 3 is 2.63 bits per heavy atom. The Hall–Kier alpha value is -3.49. The normalized spacial score (nSPS) is 14.8. The minimum absolute atomic E-state index is 0.310. The van der Waals surface area contributed by atoms with Gasteiger partial charge in [-0.05, 0) is 43.2 Å². The first-order chi connectivity index (χ1) is 14.3. The van der Waals surface area contributed by atoms with Gasteiger partial charge in [-0.1, -0.05) is 11.6 Å². The van der Waals surface area contributed by atoms with Crippen molar-refractivity contribution in [2.24, 2.45) is 0 Å². The van der Waals surface area contributed by atoms with Crippen LogP contribution in [0.1, 0.15) is 18.4 Å². The molecule has 0 spiro atoms. The van der Waals surface area contributed by atoms with E-state index in [0.29, 0.717) is 48.4 Å². The van der Waals surface area contributed by atoms with E-state index in [-0.39, 0.29) is 5.91 Å². The summed E-state index contributed by atoms with van der Waals surface area (Å²) < 4.78 is 43.7. The van der Waals surface area contributed by atoms with E-state index >= 15 is 0 Å². The summed E-state index contributed by atoms with van der Waals surface area (Å²) in [5.41, 5.74) is 2.15. The van der Waals surface area contributed by atoms with Crippen LogP contribution in [0.15, 0.2) is 63.3 Å². The van der Waals surface area contributed by atoms with E-state index in [2.05, 4.69) is 10.3 Å². The van der Waals surface area contributed by atoms with E-state index in [1.54, 1.807) is 24.3 Å². The SMILES string of the molecule is O=C(C=C1CCN(c2cccc(C(F)(F)F)c2)CC1)Nc1ccc2[nH]c(=O)oc2c1. The summed E-state index contributed by atoms with van der Waals surface area (Å²) in [7, 11) is 0. The predicted molar refractivity (Wildman–Crippen MR) is 106 cm³/mol.